The average molecular weight is 345 g/mol. The number of nitrogens with zero attached hydrogens (tertiary/aromatic N) is 5. The maximum absolute atomic E-state index is 13.8. The molecule has 1 fully saturated rings. The highest BCUT2D eigenvalue weighted by Gasteiger charge is 2.17. The van der Waals surface area contributed by atoms with Gasteiger partial charge >= 0.3 is 0 Å². The fourth-order valence-electron chi connectivity index (χ4n) is 2.87. The molecule has 1 aliphatic carbocycles. The summed E-state index contributed by atoms with van der Waals surface area (Å²) in [6, 6.07) is 3.38. The van der Waals surface area contributed by atoms with Crippen molar-refractivity contribution in [3.8, 4) is 0 Å². The summed E-state index contributed by atoms with van der Waals surface area (Å²) in [6.45, 7) is 2.60. The van der Waals surface area contributed by atoms with Crippen molar-refractivity contribution in [1.29, 1.82) is 0 Å². The second-order valence-electron chi connectivity index (χ2n) is 6.30. The van der Waals surface area contributed by atoms with Gasteiger partial charge in [0.15, 0.2) is 11.8 Å². The van der Waals surface area contributed by atoms with Crippen LogP contribution >= 0.6 is 0 Å². The third kappa shape index (κ3) is 4.52. The van der Waals surface area contributed by atoms with Gasteiger partial charge in [-0.25, -0.2) is 9.38 Å². The number of halogens is 1. The topological polar surface area (TPSA) is 80.0 Å². The SMILES string of the molecule is Cc1nnc(CNC(=NCc2ncccc2F)NC2CCCC2)n1C. The van der Waals surface area contributed by atoms with Crippen LogP contribution in [0.15, 0.2) is 23.3 Å². The minimum Gasteiger partial charge on any atom is -0.354 e. The summed E-state index contributed by atoms with van der Waals surface area (Å²) in [4.78, 5) is 8.56. The van der Waals surface area contributed by atoms with E-state index in [9.17, 15) is 4.39 Å². The molecule has 134 valence electrons. The molecule has 0 amide bonds. The summed E-state index contributed by atoms with van der Waals surface area (Å²) < 4.78 is 15.7. The van der Waals surface area contributed by atoms with Gasteiger partial charge in [0.05, 0.1) is 18.8 Å². The smallest absolute Gasteiger partial charge is 0.192 e. The predicted octanol–water partition coefficient (Wildman–Crippen LogP) is 1.84. The fourth-order valence-corrected chi connectivity index (χ4v) is 2.87. The summed E-state index contributed by atoms with van der Waals surface area (Å²) in [6.07, 6.45) is 6.28. The number of nitrogens with one attached hydrogen (secondary N) is 2. The Balaban J connectivity index is 1.68. The van der Waals surface area contributed by atoms with E-state index in [1.807, 2.05) is 18.5 Å². The number of rotatable bonds is 5. The molecule has 8 heteroatoms. The first-order valence-corrected chi connectivity index (χ1v) is 8.62. The molecule has 1 aliphatic rings. The fraction of sp³-hybridized carbons (Fsp3) is 0.529. The second kappa shape index (κ2) is 8.04. The van der Waals surface area contributed by atoms with Gasteiger partial charge in [-0.1, -0.05) is 12.8 Å². The highest BCUT2D eigenvalue weighted by molar-refractivity contribution is 5.80. The molecule has 0 atom stereocenters. The molecule has 7 nitrogen and oxygen atoms in total. The molecule has 0 aromatic carbocycles. The van der Waals surface area contributed by atoms with E-state index in [1.165, 1.54) is 18.9 Å². The maximum Gasteiger partial charge on any atom is 0.192 e. The summed E-state index contributed by atoms with van der Waals surface area (Å²) in [5.74, 6) is 1.99. The van der Waals surface area contributed by atoms with E-state index >= 15 is 0 Å². The van der Waals surface area contributed by atoms with Crippen molar-refractivity contribution in [2.24, 2.45) is 12.0 Å². The van der Waals surface area contributed by atoms with Gasteiger partial charge in [0.2, 0.25) is 0 Å². The number of aryl methyl sites for hydroxylation is 1. The molecule has 0 bridgehead atoms. The third-order valence-electron chi connectivity index (χ3n) is 4.51. The van der Waals surface area contributed by atoms with Crippen LogP contribution in [0.4, 0.5) is 4.39 Å². The van der Waals surface area contributed by atoms with E-state index in [0.29, 0.717) is 24.2 Å². The van der Waals surface area contributed by atoms with Crippen LogP contribution in [0.3, 0.4) is 0 Å². The van der Waals surface area contributed by atoms with Crippen molar-refractivity contribution in [3.63, 3.8) is 0 Å². The van der Waals surface area contributed by atoms with Crippen molar-refractivity contribution in [2.45, 2.75) is 51.7 Å². The van der Waals surface area contributed by atoms with Crippen molar-refractivity contribution >= 4 is 5.96 Å². The first-order chi connectivity index (χ1) is 12.1. The minimum absolute atomic E-state index is 0.187. The molecule has 0 aliphatic heterocycles. The summed E-state index contributed by atoms with van der Waals surface area (Å²) >= 11 is 0. The van der Waals surface area contributed by atoms with Gasteiger partial charge in [-0.3, -0.25) is 4.98 Å². The van der Waals surface area contributed by atoms with Crippen molar-refractivity contribution in [1.82, 2.24) is 30.4 Å². The molecule has 0 saturated heterocycles. The first kappa shape index (κ1) is 17.3. The third-order valence-corrected chi connectivity index (χ3v) is 4.51. The monoisotopic (exact) mass is 345 g/mol. The Bertz CT molecular complexity index is 734. The van der Waals surface area contributed by atoms with Gasteiger partial charge in [-0.2, -0.15) is 0 Å². The second-order valence-corrected chi connectivity index (χ2v) is 6.30. The zero-order valence-corrected chi connectivity index (χ0v) is 14.7. The highest BCUT2D eigenvalue weighted by Crippen LogP contribution is 2.17. The largest absolute Gasteiger partial charge is 0.354 e. The van der Waals surface area contributed by atoms with Gasteiger partial charge in [-0.05, 0) is 31.9 Å². The zero-order valence-electron chi connectivity index (χ0n) is 14.7. The predicted molar refractivity (Wildman–Crippen MR) is 93.3 cm³/mol. The number of aromatic nitrogens is 4. The molecule has 3 rings (SSSR count). The Morgan fingerprint density at radius 2 is 2.16 bits per heavy atom. The summed E-state index contributed by atoms with van der Waals surface area (Å²) in [5, 5.41) is 14.9. The number of guanidine groups is 1. The van der Waals surface area contributed by atoms with Crippen LogP contribution in [0, 0.1) is 12.7 Å². The number of aliphatic imine (C=N–C) groups is 1. The highest BCUT2D eigenvalue weighted by atomic mass is 19.1. The summed E-state index contributed by atoms with van der Waals surface area (Å²) in [7, 11) is 1.93. The molecule has 0 radical (unpaired) electrons. The Kier molecular flexibility index (Phi) is 5.57. The molecule has 2 aromatic rings. The lowest BCUT2D eigenvalue weighted by Crippen LogP contribution is -2.42. The van der Waals surface area contributed by atoms with E-state index in [2.05, 4.69) is 30.8 Å². The molecule has 2 N–H and O–H groups in total. The van der Waals surface area contributed by atoms with Crippen LogP contribution in [0.5, 0.6) is 0 Å². The Morgan fingerprint density at radius 3 is 2.84 bits per heavy atom. The number of hydrogen-bond acceptors (Lipinski definition) is 4. The molecule has 0 unspecified atom stereocenters. The Morgan fingerprint density at radius 1 is 1.36 bits per heavy atom. The Labute approximate surface area is 146 Å². The van der Waals surface area contributed by atoms with E-state index in [1.54, 1.807) is 12.3 Å². The lowest BCUT2D eigenvalue weighted by Gasteiger charge is -2.17. The lowest BCUT2D eigenvalue weighted by molar-refractivity contribution is 0.592. The van der Waals surface area contributed by atoms with Crippen LogP contribution in [0.1, 0.15) is 43.0 Å². The van der Waals surface area contributed by atoms with E-state index < -0.39 is 0 Å². The van der Waals surface area contributed by atoms with Crippen molar-refractivity contribution in [3.05, 3.63) is 41.5 Å². The van der Waals surface area contributed by atoms with Gasteiger partial charge in [0.1, 0.15) is 11.6 Å². The van der Waals surface area contributed by atoms with Gasteiger partial charge in [0.25, 0.3) is 0 Å². The van der Waals surface area contributed by atoms with E-state index in [4.69, 9.17) is 0 Å². The number of hydrogen-bond donors (Lipinski definition) is 2. The van der Waals surface area contributed by atoms with Crippen LogP contribution in [0.25, 0.3) is 0 Å². The van der Waals surface area contributed by atoms with Crippen LogP contribution in [0.2, 0.25) is 0 Å². The zero-order chi connectivity index (χ0) is 17.6. The first-order valence-electron chi connectivity index (χ1n) is 8.62. The van der Waals surface area contributed by atoms with Crippen LogP contribution in [-0.4, -0.2) is 31.7 Å². The normalized spacial score (nSPS) is 15.6. The van der Waals surface area contributed by atoms with Crippen LogP contribution in [-0.2, 0) is 20.1 Å². The average Bonchev–Trinajstić information content (AvgIpc) is 3.23. The van der Waals surface area contributed by atoms with Crippen molar-refractivity contribution in [2.75, 3.05) is 0 Å². The van der Waals surface area contributed by atoms with Gasteiger partial charge in [-0.15, -0.1) is 10.2 Å². The maximum atomic E-state index is 13.8. The summed E-state index contributed by atoms with van der Waals surface area (Å²) in [5.41, 5.74) is 0.338. The van der Waals surface area contributed by atoms with E-state index in [0.717, 1.165) is 24.5 Å². The minimum atomic E-state index is -0.338. The molecule has 1 saturated carbocycles. The lowest BCUT2D eigenvalue weighted by atomic mass is 10.2. The van der Waals surface area contributed by atoms with Gasteiger partial charge in [0, 0.05) is 19.3 Å². The molecule has 25 heavy (non-hydrogen) atoms. The molecular weight excluding hydrogens is 321 g/mol. The van der Waals surface area contributed by atoms with Crippen LogP contribution < -0.4 is 10.6 Å². The van der Waals surface area contributed by atoms with E-state index in [-0.39, 0.29) is 12.4 Å². The van der Waals surface area contributed by atoms with Crippen molar-refractivity contribution < 1.29 is 4.39 Å². The Hall–Kier alpha value is -2.51. The quantitative estimate of drug-likeness (QED) is 0.638. The molecular formula is C17H24FN7. The number of pyridine rings is 1. The molecule has 2 aromatic heterocycles. The van der Waals surface area contributed by atoms with Gasteiger partial charge < -0.3 is 15.2 Å². The molecule has 2 heterocycles. The molecule has 0 spiro atoms. The standard InChI is InChI=1S/C17H24FN7/c1-12-23-24-16(25(12)2)11-21-17(22-13-6-3-4-7-13)20-10-15-14(18)8-5-9-19-15/h5,8-9,13H,3-4,6-7,10-11H2,1-2H3,(H2,20,21,22).